The van der Waals surface area contributed by atoms with Crippen molar-refractivity contribution in [2.75, 3.05) is 23.7 Å². The summed E-state index contributed by atoms with van der Waals surface area (Å²) >= 11 is 6.15. The molecule has 5 rings (SSSR count). The van der Waals surface area contributed by atoms with Crippen LogP contribution in [-0.4, -0.2) is 23.9 Å². The highest BCUT2D eigenvalue weighted by Crippen LogP contribution is 2.38. The molecular weight excluding hydrogens is 430 g/mol. The molecule has 2 heterocycles. The van der Waals surface area contributed by atoms with Crippen molar-refractivity contribution >= 4 is 40.2 Å². The Kier molecular flexibility index (Phi) is 6.47. The molecule has 2 aliphatic rings. The van der Waals surface area contributed by atoms with Crippen LogP contribution in [0, 0.1) is 0 Å². The molecule has 3 aromatic rings. The molecule has 0 atom stereocenters. The smallest absolute Gasteiger partial charge is 0.258 e. The van der Waals surface area contributed by atoms with Crippen molar-refractivity contribution < 1.29 is 4.79 Å². The Morgan fingerprint density at radius 2 is 1.64 bits per heavy atom. The summed E-state index contributed by atoms with van der Waals surface area (Å²) in [5, 5.41) is 7.09. The van der Waals surface area contributed by atoms with E-state index in [-0.39, 0.29) is 5.91 Å². The van der Waals surface area contributed by atoms with E-state index in [2.05, 4.69) is 39.8 Å². The zero-order valence-electron chi connectivity index (χ0n) is 18.6. The van der Waals surface area contributed by atoms with Crippen LogP contribution in [0.2, 0.25) is 5.02 Å². The molecule has 0 unspecified atom stereocenters. The van der Waals surface area contributed by atoms with Crippen molar-refractivity contribution in [3.05, 3.63) is 94.5 Å². The van der Waals surface area contributed by atoms with E-state index in [1.54, 1.807) is 6.07 Å². The van der Waals surface area contributed by atoms with Gasteiger partial charge in [0.15, 0.2) is 0 Å². The number of anilines is 2. The van der Waals surface area contributed by atoms with Gasteiger partial charge in [0, 0.05) is 22.8 Å². The maximum atomic E-state index is 13.0. The highest BCUT2D eigenvalue weighted by Gasteiger charge is 2.28. The van der Waals surface area contributed by atoms with Crippen molar-refractivity contribution in [2.45, 2.75) is 32.2 Å². The first-order valence-corrected chi connectivity index (χ1v) is 12.0. The van der Waals surface area contributed by atoms with Crippen LogP contribution in [0.5, 0.6) is 0 Å². The third kappa shape index (κ3) is 4.97. The van der Waals surface area contributed by atoms with Crippen molar-refractivity contribution in [1.29, 1.82) is 0 Å². The van der Waals surface area contributed by atoms with Gasteiger partial charge in [0.25, 0.3) is 5.91 Å². The number of benzene rings is 3. The van der Waals surface area contributed by atoms with Gasteiger partial charge >= 0.3 is 0 Å². The molecule has 2 aliphatic heterocycles. The number of likely N-dealkylation sites (tertiary alicyclic amines) is 1. The van der Waals surface area contributed by atoms with Crippen molar-refractivity contribution in [3.8, 4) is 0 Å². The van der Waals surface area contributed by atoms with Gasteiger partial charge in [-0.3, -0.25) is 9.69 Å². The second-order valence-electron chi connectivity index (χ2n) is 8.77. The summed E-state index contributed by atoms with van der Waals surface area (Å²) in [4.78, 5) is 15.5. The van der Waals surface area contributed by atoms with Crippen LogP contribution in [0.4, 0.5) is 11.4 Å². The van der Waals surface area contributed by atoms with Crippen molar-refractivity contribution in [2.24, 2.45) is 0 Å². The zero-order chi connectivity index (χ0) is 22.6. The second kappa shape index (κ2) is 9.82. The fraction of sp³-hybridized carbons (Fsp3) is 0.250. The average Bonchev–Trinajstić information content (AvgIpc) is 2.98. The van der Waals surface area contributed by atoms with Gasteiger partial charge in [-0.1, -0.05) is 73.0 Å². The molecule has 0 saturated carbocycles. The second-order valence-corrected chi connectivity index (χ2v) is 9.21. The molecule has 0 spiro atoms. The summed E-state index contributed by atoms with van der Waals surface area (Å²) in [6, 6.07) is 24.1. The van der Waals surface area contributed by atoms with Gasteiger partial charge in [0.1, 0.15) is 0 Å². The predicted molar refractivity (Wildman–Crippen MR) is 137 cm³/mol. The third-order valence-corrected chi connectivity index (χ3v) is 6.60. The van der Waals surface area contributed by atoms with Gasteiger partial charge in [-0.2, -0.15) is 0 Å². The van der Waals surface area contributed by atoms with E-state index in [9.17, 15) is 4.79 Å². The predicted octanol–water partition coefficient (Wildman–Crippen LogP) is 6.65. The van der Waals surface area contributed by atoms with Crippen LogP contribution in [-0.2, 0) is 11.3 Å². The lowest BCUT2D eigenvalue weighted by molar-refractivity contribution is -0.110. The molecule has 4 nitrogen and oxygen atoms in total. The van der Waals surface area contributed by atoms with Gasteiger partial charge in [-0.25, -0.2) is 0 Å². The van der Waals surface area contributed by atoms with E-state index in [1.165, 1.54) is 44.3 Å². The van der Waals surface area contributed by atoms with Crippen LogP contribution < -0.4 is 10.6 Å². The molecule has 3 aromatic carbocycles. The summed E-state index contributed by atoms with van der Waals surface area (Å²) in [5.74, 6) is -0.128. The van der Waals surface area contributed by atoms with Gasteiger partial charge < -0.3 is 10.6 Å². The molecule has 1 saturated heterocycles. The normalized spacial score (nSPS) is 17.8. The van der Waals surface area contributed by atoms with Gasteiger partial charge in [0.2, 0.25) is 0 Å². The monoisotopic (exact) mass is 457 g/mol. The minimum atomic E-state index is -0.128. The third-order valence-electron chi connectivity index (χ3n) is 6.37. The zero-order valence-corrected chi connectivity index (χ0v) is 19.4. The van der Waals surface area contributed by atoms with Crippen LogP contribution in [0.1, 0.15) is 42.4 Å². The van der Waals surface area contributed by atoms with E-state index in [0.29, 0.717) is 10.6 Å². The molecular formula is C28H28ClN3O. The minimum Gasteiger partial charge on any atom is -0.354 e. The molecule has 1 fully saturated rings. The van der Waals surface area contributed by atoms with E-state index in [1.807, 2.05) is 42.5 Å². The lowest BCUT2D eigenvalue weighted by Gasteiger charge is -2.20. The number of fused-ring (bicyclic) bond motifs is 1. The SMILES string of the molecule is O=C1Nc2cc(Cl)ccc2C1=C(Nc1ccc(CN2CCCCCC2)cc1)c1ccccc1. The first-order valence-electron chi connectivity index (χ1n) is 11.7. The van der Waals surface area contributed by atoms with Gasteiger partial charge in [-0.05, 0) is 61.3 Å². The highest BCUT2D eigenvalue weighted by atomic mass is 35.5. The van der Waals surface area contributed by atoms with Gasteiger partial charge in [-0.15, -0.1) is 0 Å². The summed E-state index contributed by atoms with van der Waals surface area (Å²) in [5.41, 5.74) is 6.24. The highest BCUT2D eigenvalue weighted by molar-refractivity contribution is 6.38. The number of rotatable bonds is 5. The first-order chi connectivity index (χ1) is 16.2. The number of hydrogen-bond acceptors (Lipinski definition) is 3. The molecule has 168 valence electrons. The molecule has 0 aliphatic carbocycles. The van der Waals surface area contributed by atoms with Crippen LogP contribution >= 0.6 is 11.6 Å². The van der Waals surface area contributed by atoms with Crippen molar-refractivity contribution in [1.82, 2.24) is 4.90 Å². The number of nitrogens with zero attached hydrogens (tertiary/aromatic N) is 1. The van der Waals surface area contributed by atoms with Crippen LogP contribution in [0.25, 0.3) is 11.3 Å². The first kappa shape index (κ1) is 21.7. The Bertz CT molecular complexity index is 1160. The number of halogens is 1. The van der Waals surface area contributed by atoms with E-state index in [4.69, 9.17) is 11.6 Å². The Hall–Kier alpha value is -3.08. The fourth-order valence-corrected chi connectivity index (χ4v) is 4.84. The Balaban J connectivity index is 1.45. The quantitative estimate of drug-likeness (QED) is 0.421. The molecule has 0 radical (unpaired) electrons. The number of hydrogen-bond donors (Lipinski definition) is 2. The number of carbonyl (C=O) groups excluding carboxylic acids is 1. The maximum absolute atomic E-state index is 13.0. The Labute approximate surface area is 200 Å². The Morgan fingerprint density at radius 3 is 2.36 bits per heavy atom. The van der Waals surface area contributed by atoms with E-state index in [0.717, 1.165) is 34.7 Å². The lowest BCUT2D eigenvalue weighted by atomic mass is 10.00. The van der Waals surface area contributed by atoms with E-state index >= 15 is 0 Å². The summed E-state index contributed by atoms with van der Waals surface area (Å²) < 4.78 is 0. The molecule has 1 amide bonds. The van der Waals surface area contributed by atoms with Crippen molar-refractivity contribution in [3.63, 3.8) is 0 Å². The summed E-state index contributed by atoms with van der Waals surface area (Å²) in [7, 11) is 0. The molecule has 0 bridgehead atoms. The minimum absolute atomic E-state index is 0.128. The Morgan fingerprint density at radius 1 is 0.909 bits per heavy atom. The van der Waals surface area contributed by atoms with E-state index < -0.39 is 0 Å². The topological polar surface area (TPSA) is 44.4 Å². The van der Waals surface area contributed by atoms with Crippen LogP contribution in [0.3, 0.4) is 0 Å². The number of nitrogens with one attached hydrogen (secondary N) is 2. The molecule has 2 N–H and O–H groups in total. The fourth-order valence-electron chi connectivity index (χ4n) is 4.67. The molecule has 0 aromatic heterocycles. The van der Waals surface area contributed by atoms with Crippen LogP contribution in [0.15, 0.2) is 72.8 Å². The molecule has 5 heteroatoms. The number of amides is 1. The maximum Gasteiger partial charge on any atom is 0.258 e. The van der Waals surface area contributed by atoms with Gasteiger partial charge in [0.05, 0.1) is 17.0 Å². The number of carbonyl (C=O) groups is 1. The summed E-state index contributed by atoms with van der Waals surface area (Å²) in [6.07, 6.45) is 5.28. The lowest BCUT2D eigenvalue weighted by Crippen LogP contribution is -2.23. The largest absolute Gasteiger partial charge is 0.354 e. The summed E-state index contributed by atoms with van der Waals surface area (Å²) in [6.45, 7) is 3.36. The molecule has 33 heavy (non-hydrogen) atoms. The average molecular weight is 458 g/mol. The standard InChI is InChI=1S/C28H28ClN3O/c29-22-12-15-24-25(18-22)31-28(33)26(24)27(21-8-4-3-5-9-21)30-23-13-10-20(11-14-23)19-32-16-6-1-2-7-17-32/h3-5,8-15,18,30H,1-2,6-7,16-17,19H2,(H,31,33).